The molecule has 2 aliphatic rings. The topological polar surface area (TPSA) is 40.5 Å². The summed E-state index contributed by atoms with van der Waals surface area (Å²) in [6.07, 6.45) is 13.0. The number of benzene rings is 1. The second-order valence-electron chi connectivity index (χ2n) is 7.80. The van der Waals surface area contributed by atoms with E-state index in [4.69, 9.17) is 9.05 Å². The fourth-order valence-electron chi connectivity index (χ4n) is 4.27. The minimum atomic E-state index is -3.40. The highest BCUT2D eigenvalue weighted by Gasteiger charge is 2.37. The normalized spacial score (nSPS) is 20.0. The van der Waals surface area contributed by atoms with Gasteiger partial charge >= 0.3 is 7.60 Å². The fourth-order valence-corrected chi connectivity index (χ4v) is 6.46. The van der Waals surface area contributed by atoms with Gasteiger partial charge in [0.05, 0.1) is 12.2 Å². The zero-order valence-electron chi connectivity index (χ0n) is 16.0. The number of aromatic nitrogens is 1. The third-order valence-electron chi connectivity index (χ3n) is 5.72. The first kappa shape index (κ1) is 19.0. The third kappa shape index (κ3) is 4.56. The predicted molar refractivity (Wildman–Crippen MR) is 109 cm³/mol. The van der Waals surface area contributed by atoms with Crippen LogP contribution in [-0.2, 0) is 13.6 Å². The van der Waals surface area contributed by atoms with E-state index in [9.17, 15) is 4.57 Å². The zero-order valence-corrected chi connectivity index (χ0v) is 16.9. The Morgan fingerprint density at radius 3 is 1.85 bits per heavy atom. The van der Waals surface area contributed by atoms with Crippen LogP contribution < -0.4 is 5.44 Å². The van der Waals surface area contributed by atoms with Crippen LogP contribution in [0, 0.1) is 0 Å². The summed E-state index contributed by atoms with van der Waals surface area (Å²) in [4.78, 5) is 0. The first-order valence-corrected chi connectivity index (χ1v) is 12.0. The lowest BCUT2D eigenvalue weighted by atomic mass is 9.98. The molecule has 1 aromatic carbocycles. The number of rotatable bonds is 6. The maximum Gasteiger partial charge on any atom is 0.378 e. The van der Waals surface area contributed by atoms with Crippen LogP contribution in [0.2, 0.25) is 0 Å². The van der Waals surface area contributed by atoms with Gasteiger partial charge in [0.2, 0.25) is 0 Å². The summed E-state index contributed by atoms with van der Waals surface area (Å²) in [6, 6.07) is 13.9. The molecule has 4 rings (SSSR count). The molecule has 0 spiro atoms. The molecule has 2 aromatic rings. The van der Waals surface area contributed by atoms with Gasteiger partial charge < -0.3 is 13.6 Å². The van der Waals surface area contributed by atoms with Crippen molar-refractivity contribution in [2.75, 3.05) is 0 Å². The summed E-state index contributed by atoms with van der Waals surface area (Å²) in [5.74, 6) is 0. The van der Waals surface area contributed by atoms with Crippen LogP contribution in [0.1, 0.15) is 64.2 Å². The molecule has 1 heterocycles. The molecule has 0 saturated heterocycles. The number of nitrogens with zero attached hydrogens (tertiary/aromatic N) is 1. The Morgan fingerprint density at radius 1 is 0.741 bits per heavy atom. The van der Waals surface area contributed by atoms with E-state index in [2.05, 4.69) is 0 Å². The molecule has 0 N–H and O–H groups in total. The highest BCUT2D eigenvalue weighted by atomic mass is 31.2. The standard InChI is InChI=1S/C22H30NO3P/c24-27(25-20-13-6-2-7-14-20,26-21-15-8-3-9-16-21)22-17-10-18-23(22)19-11-4-1-5-12-19/h1,4-5,10-12,17-18,20-21H,2-3,6-9,13-16H2. The van der Waals surface area contributed by atoms with Crippen LogP contribution in [0.25, 0.3) is 5.69 Å². The molecule has 0 radical (unpaired) electrons. The molecule has 2 aliphatic carbocycles. The van der Waals surface area contributed by atoms with Gasteiger partial charge in [-0.25, -0.2) is 0 Å². The second-order valence-corrected chi connectivity index (χ2v) is 9.68. The SMILES string of the molecule is O=P(OC1CCCCC1)(OC1CCCCC1)c1cccn1-c1ccccc1. The Morgan fingerprint density at radius 2 is 1.30 bits per heavy atom. The van der Waals surface area contributed by atoms with Gasteiger partial charge in [-0.05, 0) is 49.9 Å². The first-order valence-electron chi connectivity index (χ1n) is 10.4. The van der Waals surface area contributed by atoms with Crippen LogP contribution in [-0.4, -0.2) is 16.8 Å². The van der Waals surface area contributed by atoms with Crippen molar-refractivity contribution in [3.63, 3.8) is 0 Å². The molecule has 2 saturated carbocycles. The molecule has 27 heavy (non-hydrogen) atoms. The van der Waals surface area contributed by atoms with Crippen LogP contribution >= 0.6 is 7.60 Å². The van der Waals surface area contributed by atoms with Crippen molar-refractivity contribution in [1.82, 2.24) is 4.57 Å². The summed E-state index contributed by atoms with van der Waals surface area (Å²) in [5, 5.41) is 0. The molecule has 0 aliphatic heterocycles. The summed E-state index contributed by atoms with van der Waals surface area (Å²) in [6.45, 7) is 0. The van der Waals surface area contributed by atoms with Gasteiger partial charge in [0, 0.05) is 11.9 Å². The molecule has 146 valence electrons. The van der Waals surface area contributed by atoms with Crippen molar-refractivity contribution in [3.05, 3.63) is 48.7 Å². The Kier molecular flexibility index (Phi) is 6.17. The van der Waals surface area contributed by atoms with E-state index < -0.39 is 7.60 Å². The lowest BCUT2D eigenvalue weighted by Crippen LogP contribution is -2.27. The Hall–Kier alpha value is -1.35. The lowest BCUT2D eigenvalue weighted by Gasteiger charge is -2.31. The van der Waals surface area contributed by atoms with Crippen molar-refractivity contribution < 1.29 is 13.6 Å². The maximum absolute atomic E-state index is 14.1. The maximum atomic E-state index is 14.1. The van der Waals surface area contributed by atoms with E-state index in [0.29, 0.717) is 5.44 Å². The highest BCUT2D eigenvalue weighted by molar-refractivity contribution is 7.62. The van der Waals surface area contributed by atoms with Crippen LogP contribution in [0.4, 0.5) is 0 Å². The zero-order chi connectivity index (χ0) is 18.5. The molecule has 2 fully saturated rings. The van der Waals surface area contributed by atoms with E-state index in [0.717, 1.165) is 57.1 Å². The van der Waals surface area contributed by atoms with Gasteiger partial charge in [0.25, 0.3) is 0 Å². The minimum absolute atomic E-state index is 0.0345. The molecule has 4 nitrogen and oxygen atoms in total. The van der Waals surface area contributed by atoms with E-state index in [1.165, 1.54) is 12.8 Å². The summed E-state index contributed by atoms with van der Waals surface area (Å²) in [5.41, 5.74) is 1.64. The molecule has 1 aromatic heterocycles. The number of hydrogen-bond donors (Lipinski definition) is 0. The Labute approximate surface area is 162 Å². The molecule has 0 atom stereocenters. The number of para-hydroxylation sites is 1. The van der Waals surface area contributed by atoms with Gasteiger partial charge in [-0.3, -0.25) is 4.57 Å². The smallest absolute Gasteiger partial charge is 0.310 e. The fraction of sp³-hybridized carbons (Fsp3) is 0.545. The van der Waals surface area contributed by atoms with Gasteiger partial charge in [-0.15, -0.1) is 0 Å². The van der Waals surface area contributed by atoms with E-state index in [1.54, 1.807) is 0 Å². The molecule has 5 heteroatoms. The largest absolute Gasteiger partial charge is 0.378 e. The van der Waals surface area contributed by atoms with Gasteiger partial charge in [0.1, 0.15) is 5.44 Å². The van der Waals surface area contributed by atoms with Crippen LogP contribution in [0.5, 0.6) is 0 Å². The minimum Gasteiger partial charge on any atom is -0.310 e. The van der Waals surface area contributed by atoms with Crippen molar-refractivity contribution in [2.24, 2.45) is 0 Å². The average molecular weight is 387 g/mol. The second kappa shape index (κ2) is 8.77. The van der Waals surface area contributed by atoms with Crippen LogP contribution in [0.3, 0.4) is 0 Å². The lowest BCUT2D eigenvalue weighted by molar-refractivity contribution is 0.0841. The molecule has 0 amide bonds. The van der Waals surface area contributed by atoms with E-state index in [1.807, 2.05) is 53.2 Å². The molecule has 0 unspecified atom stereocenters. The quantitative estimate of drug-likeness (QED) is 0.571. The Bertz CT molecular complexity index is 737. The van der Waals surface area contributed by atoms with Crippen molar-refractivity contribution in [3.8, 4) is 5.69 Å². The third-order valence-corrected chi connectivity index (χ3v) is 7.80. The highest BCUT2D eigenvalue weighted by Crippen LogP contribution is 2.52. The summed E-state index contributed by atoms with van der Waals surface area (Å²) in [7, 11) is -3.40. The van der Waals surface area contributed by atoms with Crippen molar-refractivity contribution in [1.29, 1.82) is 0 Å². The van der Waals surface area contributed by atoms with Crippen LogP contribution in [0.15, 0.2) is 48.7 Å². The van der Waals surface area contributed by atoms with Gasteiger partial charge in [-0.2, -0.15) is 0 Å². The van der Waals surface area contributed by atoms with Crippen molar-refractivity contribution >= 4 is 13.0 Å². The van der Waals surface area contributed by atoms with Gasteiger partial charge in [-0.1, -0.05) is 56.7 Å². The molecular formula is C22H30NO3P. The average Bonchev–Trinajstić information content (AvgIpc) is 3.21. The predicted octanol–water partition coefficient (Wildman–Crippen LogP) is 5.99. The van der Waals surface area contributed by atoms with E-state index in [-0.39, 0.29) is 12.2 Å². The van der Waals surface area contributed by atoms with Crippen molar-refractivity contribution in [2.45, 2.75) is 76.4 Å². The summed E-state index contributed by atoms with van der Waals surface area (Å²) >= 11 is 0. The monoisotopic (exact) mass is 387 g/mol. The number of hydrogen-bond acceptors (Lipinski definition) is 3. The molecule has 0 bridgehead atoms. The first-order chi connectivity index (χ1) is 13.2. The summed E-state index contributed by atoms with van der Waals surface area (Å²) < 4.78 is 28.7. The molecular weight excluding hydrogens is 357 g/mol. The van der Waals surface area contributed by atoms with E-state index >= 15 is 0 Å². The van der Waals surface area contributed by atoms with Gasteiger partial charge in [0.15, 0.2) is 0 Å². The Balaban J connectivity index is 1.65.